The number of hydrogen-bond acceptors (Lipinski definition) is 3. The average molecular weight is 254 g/mol. The number of aliphatic hydroxyl groups excluding tert-OH is 1. The summed E-state index contributed by atoms with van der Waals surface area (Å²) in [5, 5.41) is 8.67. The van der Waals surface area contributed by atoms with Gasteiger partial charge in [0, 0.05) is 19.7 Å². The third-order valence-corrected chi connectivity index (χ3v) is 2.65. The molecule has 0 aliphatic heterocycles. The molecule has 0 radical (unpaired) electrons. The van der Waals surface area contributed by atoms with Crippen LogP contribution in [0.4, 0.5) is 0 Å². The van der Waals surface area contributed by atoms with Gasteiger partial charge in [0.15, 0.2) is 0 Å². The van der Waals surface area contributed by atoms with E-state index in [1.54, 1.807) is 17.1 Å². The van der Waals surface area contributed by atoms with Crippen molar-refractivity contribution in [1.82, 2.24) is 9.80 Å². The third-order valence-electron chi connectivity index (χ3n) is 2.65. The van der Waals surface area contributed by atoms with Crippen LogP contribution in [0.25, 0.3) is 0 Å². The van der Waals surface area contributed by atoms with Crippen molar-refractivity contribution >= 4 is 5.91 Å². The van der Waals surface area contributed by atoms with E-state index in [1.165, 1.54) is 0 Å². The molecule has 18 heavy (non-hydrogen) atoms. The normalized spacial score (nSPS) is 10.4. The minimum atomic E-state index is 0.0967. The molecule has 0 spiro atoms. The van der Waals surface area contributed by atoms with E-state index in [0.29, 0.717) is 19.6 Å². The van der Waals surface area contributed by atoms with Crippen LogP contribution in [-0.4, -0.2) is 60.6 Å². The molecule has 0 bridgehead atoms. The minimum absolute atomic E-state index is 0.0967. The van der Waals surface area contributed by atoms with Gasteiger partial charge in [0.2, 0.25) is 5.91 Å². The van der Waals surface area contributed by atoms with E-state index < -0.39 is 0 Å². The standard InChI is InChI=1S/C14H26N2O2/c1-4-9-16(10-5-2)14(18)13-15(3)11-7-6-8-12-17/h4-5,17H,1-2,6-13H2,3H3. The van der Waals surface area contributed by atoms with Gasteiger partial charge in [-0.05, 0) is 32.9 Å². The van der Waals surface area contributed by atoms with Crippen LogP contribution in [0.2, 0.25) is 0 Å². The Bertz CT molecular complexity index is 244. The second-order valence-electron chi connectivity index (χ2n) is 4.40. The first kappa shape index (κ1) is 16.9. The number of likely N-dealkylation sites (N-methyl/N-ethyl adjacent to an activating group) is 1. The molecule has 4 heteroatoms. The number of carbonyl (C=O) groups is 1. The summed E-state index contributed by atoms with van der Waals surface area (Å²) in [5.74, 6) is 0.0967. The molecule has 0 aromatic heterocycles. The van der Waals surface area contributed by atoms with Gasteiger partial charge >= 0.3 is 0 Å². The molecular formula is C14H26N2O2. The largest absolute Gasteiger partial charge is 0.396 e. The van der Waals surface area contributed by atoms with Gasteiger partial charge < -0.3 is 10.0 Å². The first-order valence-electron chi connectivity index (χ1n) is 6.44. The van der Waals surface area contributed by atoms with E-state index in [0.717, 1.165) is 25.8 Å². The number of aliphatic hydroxyl groups is 1. The highest BCUT2D eigenvalue weighted by Gasteiger charge is 2.12. The van der Waals surface area contributed by atoms with Gasteiger partial charge in [-0.15, -0.1) is 13.2 Å². The van der Waals surface area contributed by atoms with Crippen molar-refractivity contribution in [2.24, 2.45) is 0 Å². The predicted molar refractivity (Wildman–Crippen MR) is 75.4 cm³/mol. The van der Waals surface area contributed by atoms with Crippen molar-refractivity contribution in [2.45, 2.75) is 19.3 Å². The fourth-order valence-corrected chi connectivity index (χ4v) is 1.67. The molecule has 1 amide bonds. The molecule has 0 atom stereocenters. The van der Waals surface area contributed by atoms with E-state index in [1.807, 2.05) is 11.9 Å². The summed E-state index contributed by atoms with van der Waals surface area (Å²) in [6.45, 7) is 9.95. The van der Waals surface area contributed by atoms with E-state index in [4.69, 9.17) is 5.11 Å². The summed E-state index contributed by atoms with van der Waals surface area (Å²) in [4.78, 5) is 15.7. The molecule has 4 nitrogen and oxygen atoms in total. The molecule has 0 saturated carbocycles. The molecule has 0 rings (SSSR count). The van der Waals surface area contributed by atoms with Gasteiger partial charge in [0.1, 0.15) is 0 Å². The van der Waals surface area contributed by atoms with Gasteiger partial charge in [-0.25, -0.2) is 0 Å². The molecule has 0 saturated heterocycles. The Balaban J connectivity index is 3.94. The monoisotopic (exact) mass is 254 g/mol. The van der Waals surface area contributed by atoms with Crippen molar-refractivity contribution in [1.29, 1.82) is 0 Å². The highest BCUT2D eigenvalue weighted by atomic mass is 16.2. The number of unbranched alkanes of at least 4 members (excludes halogenated alkanes) is 2. The van der Waals surface area contributed by atoms with Crippen molar-refractivity contribution in [3.05, 3.63) is 25.3 Å². The molecule has 0 heterocycles. The second kappa shape index (κ2) is 11.0. The molecule has 1 N–H and O–H groups in total. The molecular weight excluding hydrogens is 228 g/mol. The van der Waals surface area contributed by atoms with Crippen LogP contribution in [0.5, 0.6) is 0 Å². The third kappa shape index (κ3) is 8.03. The lowest BCUT2D eigenvalue weighted by Gasteiger charge is -2.23. The van der Waals surface area contributed by atoms with Crippen molar-refractivity contribution in [2.75, 3.05) is 39.8 Å². The smallest absolute Gasteiger partial charge is 0.237 e. The van der Waals surface area contributed by atoms with Crippen molar-refractivity contribution in [3.63, 3.8) is 0 Å². The molecule has 104 valence electrons. The zero-order valence-corrected chi connectivity index (χ0v) is 11.5. The van der Waals surface area contributed by atoms with Gasteiger partial charge in [0.25, 0.3) is 0 Å². The number of amides is 1. The van der Waals surface area contributed by atoms with Gasteiger partial charge in [-0.1, -0.05) is 12.2 Å². The fraction of sp³-hybridized carbons (Fsp3) is 0.643. The number of hydrogen-bond donors (Lipinski definition) is 1. The summed E-state index contributed by atoms with van der Waals surface area (Å²) in [7, 11) is 1.94. The fourth-order valence-electron chi connectivity index (χ4n) is 1.67. The maximum Gasteiger partial charge on any atom is 0.237 e. The zero-order valence-electron chi connectivity index (χ0n) is 11.5. The van der Waals surface area contributed by atoms with Crippen LogP contribution in [0, 0.1) is 0 Å². The average Bonchev–Trinajstić information content (AvgIpc) is 2.34. The van der Waals surface area contributed by atoms with Crippen LogP contribution >= 0.6 is 0 Å². The van der Waals surface area contributed by atoms with E-state index in [9.17, 15) is 4.79 Å². The molecule has 0 aliphatic carbocycles. The molecule has 0 unspecified atom stereocenters. The van der Waals surface area contributed by atoms with Crippen LogP contribution in [0.1, 0.15) is 19.3 Å². The Labute approximate surface area is 111 Å². The van der Waals surface area contributed by atoms with Crippen LogP contribution in [-0.2, 0) is 4.79 Å². The summed E-state index contributed by atoms with van der Waals surface area (Å²) < 4.78 is 0. The molecule has 0 fully saturated rings. The number of nitrogens with zero attached hydrogens (tertiary/aromatic N) is 2. The van der Waals surface area contributed by atoms with E-state index in [-0.39, 0.29) is 12.5 Å². The number of carbonyl (C=O) groups excluding carboxylic acids is 1. The van der Waals surface area contributed by atoms with Gasteiger partial charge in [-0.2, -0.15) is 0 Å². The topological polar surface area (TPSA) is 43.8 Å². The highest BCUT2D eigenvalue weighted by molar-refractivity contribution is 5.78. The van der Waals surface area contributed by atoms with Crippen molar-refractivity contribution in [3.8, 4) is 0 Å². The highest BCUT2D eigenvalue weighted by Crippen LogP contribution is 1.98. The molecule has 0 aromatic carbocycles. The Morgan fingerprint density at radius 3 is 2.28 bits per heavy atom. The van der Waals surface area contributed by atoms with Crippen LogP contribution in [0.3, 0.4) is 0 Å². The van der Waals surface area contributed by atoms with Gasteiger partial charge in [-0.3, -0.25) is 9.69 Å². The van der Waals surface area contributed by atoms with Crippen LogP contribution < -0.4 is 0 Å². The lowest BCUT2D eigenvalue weighted by Crippen LogP contribution is -2.39. The predicted octanol–water partition coefficient (Wildman–Crippen LogP) is 1.28. The molecule has 0 aliphatic rings. The second-order valence-corrected chi connectivity index (χ2v) is 4.40. The Kier molecular flexibility index (Phi) is 10.3. The van der Waals surface area contributed by atoms with E-state index in [2.05, 4.69) is 13.2 Å². The van der Waals surface area contributed by atoms with Gasteiger partial charge in [0.05, 0.1) is 6.54 Å². The van der Waals surface area contributed by atoms with E-state index >= 15 is 0 Å². The zero-order chi connectivity index (χ0) is 13.8. The lowest BCUT2D eigenvalue weighted by molar-refractivity contribution is -0.131. The molecule has 0 aromatic rings. The Morgan fingerprint density at radius 2 is 1.78 bits per heavy atom. The summed E-state index contributed by atoms with van der Waals surface area (Å²) >= 11 is 0. The summed E-state index contributed by atoms with van der Waals surface area (Å²) in [6, 6.07) is 0. The summed E-state index contributed by atoms with van der Waals surface area (Å²) in [6.07, 6.45) is 6.29. The lowest BCUT2D eigenvalue weighted by atomic mass is 10.2. The summed E-state index contributed by atoms with van der Waals surface area (Å²) in [5.41, 5.74) is 0. The maximum atomic E-state index is 12.0. The van der Waals surface area contributed by atoms with Crippen molar-refractivity contribution < 1.29 is 9.90 Å². The minimum Gasteiger partial charge on any atom is -0.396 e. The number of rotatable bonds is 11. The quantitative estimate of drug-likeness (QED) is 0.446. The van der Waals surface area contributed by atoms with Crippen LogP contribution in [0.15, 0.2) is 25.3 Å². The first-order valence-corrected chi connectivity index (χ1v) is 6.44. The Morgan fingerprint density at radius 1 is 1.17 bits per heavy atom. The SMILES string of the molecule is C=CCN(CC=C)C(=O)CN(C)CCCCCO. The maximum absolute atomic E-state index is 12.0. The first-order chi connectivity index (χ1) is 8.65. The Hall–Kier alpha value is -1.13.